The molecule has 2 aromatic carbocycles. The number of ether oxygens (including phenoxy) is 2. The lowest BCUT2D eigenvalue weighted by Gasteiger charge is -2.22. The summed E-state index contributed by atoms with van der Waals surface area (Å²) in [7, 11) is 0. The second-order valence-electron chi connectivity index (χ2n) is 6.72. The molecular weight excluding hydrogens is 515 g/mol. The van der Waals surface area contributed by atoms with Crippen molar-refractivity contribution in [1.82, 2.24) is 0 Å². The molecular formula is C20H20BrCl3N4O2. The lowest BCUT2D eigenvalue weighted by molar-refractivity contribution is 0.249. The van der Waals surface area contributed by atoms with Gasteiger partial charge in [0.15, 0.2) is 0 Å². The number of nitrogens with zero attached hydrogens (tertiary/aromatic N) is 2. The SMILES string of the molecule is CC[C@]1(c2ccc(Cl)c(Cl)c2)COC(N)=N1.NC1=NC(c2ccc(Br)c(Cl)c2)CO1. The quantitative estimate of drug-likeness (QED) is 0.549. The summed E-state index contributed by atoms with van der Waals surface area (Å²) in [6.45, 7) is 2.98. The van der Waals surface area contributed by atoms with Gasteiger partial charge in [-0.15, -0.1) is 0 Å². The van der Waals surface area contributed by atoms with E-state index in [4.69, 9.17) is 55.7 Å². The average Bonchev–Trinajstić information content (AvgIpc) is 3.33. The predicted octanol–water partition coefficient (Wildman–Crippen LogP) is 5.43. The zero-order valence-corrected chi connectivity index (χ0v) is 19.9. The smallest absolute Gasteiger partial charge is 0.283 e. The molecule has 6 nitrogen and oxygen atoms in total. The van der Waals surface area contributed by atoms with Crippen molar-refractivity contribution in [3.63, 3.8) is 0 Å². The fourth-order valence-electron chi connectivity index (χ4n) is 3.07. The highest BCUT2D eigenvalue weighted by atomic mass is 79.9. The molecule has 0 aromatic heterocycles. The number of nitrogens with two attached hydrogens (primary N) is 2. The van der Waals surface area contributed by atoms with Crippen LogP contribution in [0.2, 0.25) is 15.1 Å². The van der Waals surface area contributed by atoms with Crippen LogP contribution in [0, 0.1) is 0 Å². The summed E-state index contributed by atoms with van der Waals surface area (Å²) in [5, 5.41) is 1.73. The Balaban J connectivity index is 0.000000172. The normalized spacial score (nSPS) is 22.4. The molecule has 4 N–H and O–H groups in total. The van der Waals surface area contributed by atoms with Gasteiger partial charge >= 0.3 is 0 Å². The van der Waals surface area contributed by atoms with E-state index in [1.54, 1.807) is 6.07 Å². The molecule has 4 rings (SSSR count). The Labute approximate surface area is 198 Å². The first-order valence-corrected chi connectivity index (χ1v) is 11.0. The maximum atomic E-state index is 6.00. The minimum atomic E-state index is -0.418. The fraction of sp³-hybridized carbons (Fsp3) is 0.300. The van der Waals surface area contributed by atoms with Gasteiger partial charge in [0.1, 0.15) is 24.8 Å². The van der Waals surface area contributed by atoms with Gasteiger partial charge in [0.05, 0.1) is 15.1 Å². The van der Waals surface area contributed by atoms with E-state index in [0.29, 0.717) is 28.3 Å². The van der Waals surface area contributed by atoms with Crippen LogP contribution in [0.4, 0.5) is 0 Å². The van der Waals surface area contributed by atoms with Gasteiger partial charge in [-0.05, 0) is 57.7 Å². The van der Waals surface area contributed by atoms with Crippen molar-refractivity contribution < 1.29 is 9.47 Å². The highest BCUT2D eigenvalue weighted by Gasteiger charge is 2.36. The van der Waals surface area contributed by atoms with Crippen molar-refractivity contribution in [3.8, 4) is 0 Å². The largest absolute Gasteiger partial charge is 0.463 e. The molecule has 2 heterocycles. The van der Waals surface area contributed by atoms with Crippen molar-refractivity contribution >= 4 is 62.8 Å². The van der Waals surface area contributed by atoms with Gasteiger partial charge in [0.2, 0.25) is 0 Å². The van der Waals surface area contributed by atoms with Crippen LogP contribution >= 0.6 is 50.7 Å². The van der Waals surface area contributed by atoms with Gasteiger partial charge in [0.25, 0.3) is 12.0 Å². The second-order valence-corrected chi connectivity index (χ2v) is 8.80. The molecule has 0 spiro atoms. The van der Waals surface area contributed by atoms with Crippen LogP contribution in [0.25, 0.3) is 0 Å². The highest BCUT2D eigenvalue weighted by molar-refractivity contribution is 9.10. The van der Waals surface area contributed by atoms with Crippen LogP contribution in [0.5, 0.6) is 0 Å². The van der Waals surface area contributed by atoms with Crippen LogP contribution in [0.3, 0.4) is 0 Å². The summed E-state index contributed by atoms with van der Waals surface area (Å²) < 4.78 is 11.2. The van der Waals surface area contributed by atoms with E-state index in [2.05, 4.69) is 25.9 Å². The monoisotopic (exact) mass is 532 g/mol. The van der Waals surface area contributed by atoms with Crippen LogP contribution in [0.15, 0.2) is 50.9 Å². The Bertz CT molecular complexity index is 1000. The fourth-order valence-corrected chi connectivity index (χ4v) is 3.80. The third-order valence-corrected chi connectivity index (χ3v) is 6.80. The first-order valence-electron chi connectivity index (χ1n) is 9.09. The summed E-state index contributed by atoms with van der Waals surface area (Å²) in [6.07, 6.45) is 0.797. The van der Waals surface area contributed by atoms with E-state index in [9.17, 15) is 0 Å². The summed E-state index contributed by atoms with van der Waals surface area (Å²) in [5.41, 5.74) is 12.5. The van der Waals surface area contributed by atoms with E-state index in [-0.39, 0.29) is 18.1 Å². The molecule has 1 unspecified atom stereocenters. The Morgan fingerprint density at radius 2 is 1.80 bits per heavy atom. The molecule has 2 atom stereocenters. The molecule has 0 saturated carbocycles. The van der Waals surface area contributed by atoms with Crippen LogP contribution in [-0.2, 0) is 15.0 Å². The van der Waals surface area contributed by atoms with Crippen molar-refractivity contribution in [2.75, 3.05) is 13.2 Å². The number of benzene rings is 2. The molecule has 2 aliphatic rings. The van der Waals surface area contributed by atoms with E-state index >= 15 is 0 Å². The van der Waals surface area contributed by atoms with Gasteiger partial charge in [-0.1, -0.05) is 53.9 Å². The lowest BCUT2D eigenvalue weighted by atomic mass is 9.89. The molecule has 0 radical (unpaired) electrons. The molecule has 0 fully saturated rings. The number of rotatable bonds is 3. The zero-order chi connectivity index (χ0) is 21.9. The topological polar surface area (TPSA) is 95.2 Å². The number of hydrogen-bond acceptors (Lipinski definition) is 6. The molecule has 160 valence electrons. The molecule has 0 amide bonds. The summed E-state index contributed by atoms with van der Waals surface area (Å²) in [6, 6.07) is 11.6. The van der Waals surface area contributed by atoms with Gasteiger partial charge in [0, 0.05) is 4.47 Å². The highest BCUT2D eigenvalue weighted by Crippen LogP contribution is 2.36. The third kappa shape index (κ3) is 5.14. The predicted molar refractivity (Wildman–Crippen MR) is 125 cm³/mol. The van der Waals surface area contributed by atoms with Gasteiger partial charge < -0.3 is 20.9 Å². The van der Waals surface area contributed by atoms with E-state index in [1.165, 1.54) is 0 Å². The molecule has 0 aliphatic carbocycles. The zero-order valence-electron chi connectivity index (χ0n) is 16.0. The van der Waals surface area contributed by atoms with Crippen LogP contribution in [0.1, 0.15) is 30.5 Å². The molecule has 10 heteroatoms. The first-order chi connectivity index (χ1) is 14.2. The molecule has 30 heavy (non-hydrogen) atoms. The van der Waals surface area contributed by atoms with Gasteiger partial charge in [-0.3, -0.25) is 0 Å². The van der Waals surface area contributed by atoms with Crippen LogP contribution in [-0.4, -0.2) is 25.3 Å². The molecule has 2 aliphatic heterocycles. The number of amidine groups is 2. The van der Waals surface area contributed by atoms with E-state index in [1.807, 2.05) is 37.3 Å². The third-order valence-electron chi connectivity index (χ3n) is 4.83. The maximum Gasteiger partial charge on any atom is 0.283 e. The van der Waals surface area contributed by atoms with Crippen molar-refractivity contribution in [2.24, 2.45) is 21.5 Å². The standard InChI is InChI=1S/C11H12Cl2N2O.C9H8BrClN2O/c1-2-11(6-16-10(14)15-11)7-3-4-8(12)9(13)5-7;10-6-2-1-5(3-7(6)11)8-4-14-9(12)13-8/h3-5H,2,6H2,1H3,(H2,14,15);1-3,8H,4H2,(H2,12,13)/t11-;/m1./s1. The van der Waals surface area contributed by atoms with Gasteiger partial charge in [-0.2, -0.15) is 0 Å². The lowest BCUT2D eigenvalue weighted by Crippen LogP contribution is -2.24. The number of hydrogen-bond donors (Lipinski definition) is 2. The molecule has 0 bridgehead atoms. The number of aliphatic imine (C=N–C) groups is 2. The summed E-state index contributed by atoms with van der Waals surface area (Å²) in [4.78, 5) is 8.48. The minimum Gasteiger partial charge on any atom is -0.463 e. The Morgan fingerprint density at radius 1 is 1.03 bits per heavy atom. The van der Waals surface area contributed by atoms with E-state index < -0.39 is 5.54 Å². The van der Waals surface area contributed by atoms with Gasteiger partial charge in [-0.25, -0.2) is 9.98 Å². The first kappa shape index (κ1) is 23.0. The van der Waals surface area contributed by atoms with Crippen molar-refractivity contribution in [2.45, 2.75) is 24.9 Å². The van der Waals surface area contributed by atoms with Crippen LogP contribution < -0.4 is 11.5 Å². The van der Waals surface area contributed by atoms with E-state index in [0.717, 1.165) is 22.0 Å². The Morgan fingerprint density at radius 3 is 2.33 bits per heavy atom. The molecule has 0 saturated heterocycles. The number of halogens is 4. The Hall–Kier alpha value is -1.67. The summed E-state index contributed by atoms with van der Waals surface area (Å²) in [5.74, 6) is 0. The average molecular weight is 535 g/mol. The summed E-state index contributed by atoms with van der Waals surface area (Å²) >= 11 is 21.2. The second kappa shape index (κ2) is 9.64. The minimum absolute atomic E-state index is 0.0272. The maximum absolute atomic E-state index is 6.00. The molecule has 2 aromatic rings. The Kier molecular flexibility index (Phi) is 7.39. The van der Waals surface area contributed by atoms with Crippen molar-refractivity contribution in [1.29, 1.82) is 0 Å². The van der Waals surface area contributed by atoms with Crippen molar-refractivity contribution in [3.05, 3.63) is 67.1 Å².